The molecule has 0 aliphatic carbocycles. The monoisotopic (exact) mass is 576 g/mol. The summed E-state index contributed by atoms with van der Waals surface area (Å²) in [5.74, 6) is 0.722. The minimum Gasteiger partial charge on any atom is -0.354 e. The number of hydrogen-bond donors (Lipinski definition) is 1. The van der Waals surface area contributed by atoms with Gasteiger partial charge in [-0.3, -0.25) is 9.10 Å². The quantitative estimate of drug-likeness (QED) is 0.278. The molecule has 3 rings (SSSR count). The summed E-state index contributed by atoms with van der Waals surface area (Å²) in [7, 11) is -4.02. The van der Waals surface area contributed by atoms with Crippen molar-refractivity contribution in [3.05, 3.63) is 92.4 Å². The first-order chi connectivity index (χ1) is 16.2. The molecular weight excluding hydrogens is 558 g/mol. The number of benzene rings is 3. The van der Waals surface area contributed by atoms with Crippen LogP contribution in [-0.2, 0) is 20.6 Å². The van der Waals surface area contributed by atoms with Crippen LogP contribution in [0, 0.1) is 0 Å². The van der Waals surface area contributed by atoms with Gasteiger partial charge in [0.15, 0.2) is 0 Å². The molecule has 0 fully saturated rings. The van der Waals surface area contributed by atoms with Gasteiger partial charge < -0.3 is 5.32 Å². The molecule has 0 unspecified atom stereocenters. The number of carbonyl (C=O) groups is 1. The summed E-state index contributed by atoms with van der Waals surface area (Å²) >= 11 is 26.0. The van der Waals surface area contributed by atoms with E-state index >= 15 is 0 Å². The molecule has 0 spiro atoms. The lowest BCUT2D eigenvalue weighted by Crippen LogP contribution is -2.41. The van der Waals surface area contributed by atoms with E-state index in [1.54, 1.807) is 48.2 Å². The van der Waals surface area contributed by atoms with Gasteiger partial charge in [0.25, 0.3) is 10.0 Å². The highest BCUT2D eigenvalue weighted by molar-refractivity contribution is 7.98. The van der Waals surface area contributed by atoms with Gasteiger partial charge in [0.05, 0.1) is 20.6 Å². The number of nitrogens with one attached hydrogen (secondary N) is 1. The van der Waals surface area contributed by atoms with Crippen LogP contribution in [0.1, 0.15) is 5.56 Å². The van der Waals surface area contributed by atoms with Crippen molar-refractivity contribution in [2.24, 2.45) is 0 Å². The Hall–Kier alpha value is -1.61. The van der Waals surface area contributed by atoms with E-state index in [-0.39, 0.29) is 20.6 Å². The van der Waals surface area contributed by atoms with Gasteiger partial charge in [-0.2, -0.15) is 11.8 Å². The van der Waals surface area contributed by atoms with Gasteiger partial charge >= 0.3 is 0 Å². The zero-order chi connectivity index (χ0) is 24.7. The summed E-state index contributed by atoms with van der Waals surface area (Å²) in [4.78, 5) is 12.7. The van der Waals surface area contributed by atoms with Crippen LogP contribution in [-0.4, -0.2) is 33.2 Å². The van der Waals surface area contributed by atoms with Crippen molar-refractivity contribution in [1.82, 2.24) is 5.32 Å². The van der Waals surface area contributed by atoms with E-state index < -0.39 is 22.5 Å². The maximum Gasteiger partial charge on any atom is 0.264 e. The topological polar surface area (TPSA) is 66.5 Å². The Kier molecular flexibility index (Phi) is 9.83. The van der Waals surface area contributed by atoms with Crippen LogP contribution in [0.25, 0.3) is 0 Å². The summed E-state index contributed by atoms with van der Waals surface area (Å²) in [5.41, 5.74) is 1.07. The Morgan fingerprint density at radius 3 is 2.18 bits per heavy atom. The first kappa shape index (κ1) is 27.0. The molecule has 0 bridgehead atoms. The van der Waals surface area contributed by atoms with Crippen molar-refractivity contribution in [2.45, 2.75) is 10.6 Å². The van der Waals surface area contributed by atoms with Gasteiger partial charge in [-0.15, -0.1) is 0 Å². The van der Waals surface area contributed by atoms with Crippen LogP contribution >= 0.6 is 58.2 Å². The molecule has 5 nitrogen and oxygen atoms in total. The molecule has 34 heavy (non-hydrogen) atoms. The molecule has 3 aromatic carbocycles. The molecule has 0 saturated carbocycles. The molecule has 0 radical (unpaired) electrons. The number of rotatable bonds is 10. The Labute approximate surface area is 223 Å². The predicted octanol–water partition coefficient (Wildman–Crippen LogP) is 6.55. The van der Waals surface area contributed by atoms with Crippen LogP contribution in [0.4, 0.5) is 5.69 Å². The predicted molar refractivity (Wildman–Crippen MR) is 143 cm³/mol. The van der Waals surface area contributed by atoms with Gasteiger partial charge in [0.2, 0.25) is 5.91 Å². The van der Waals surface area contributed by atoms with Crippen LogP contribution in [0.15, 0.2) is 71.6 Å². The number of sulfonamides is 1. The molecule has 0 aromatic heterocycles. The summed E-state index contributed by atoms with van der Waals surface area (Å²) < 4.78 is 27.6. The fraction of sp³-hybridized carbons (Fsp3) is 0.174. The van der Waals surface area contributed by atoms with Crippen LogP contribution in [0.2, 0.25) is 20.1 Å². The largest absolute Gasteiger partial charge is 0.354 e. The van der Waals surface area contributed by atoms with Crippen LogP contribution < -0.4 is 9.62 Å². The number of amides is 1. The maximum absolute atomic E-state index is 13.3. The van der Waals surface area contributed by atoms with Crippen LogP contribution in [0.3, 0.4) is 0 Å². The summed E-state index contributed by atoms with van der Waals surface area (Å²) in [6, 6.07) is 17.6. The third-order valence-corrected chi connectivity index (χ3v) is 8.91. The number of hydrogen-bond acceptors (Lipinski definition) is 4. The van der Waals surface area contributed by atoms with Crippen LogP contribution in [0.5, 0.6) is 0 Å². The average Bonchev–Trinajstić information content (AvgIpc) is 2.81. The van der Waals surface area contributed by atoms with Gasteiger partial charge in [-0.25, -0.2) is 8.42 Å². The highest BCUT2D eigenvalue weighted by Gasteiger charge is 2.27. The smallest absolute Gasteiger partial charge is 0.264 e. The Morgan fingerprint density at radius 1 is 0.853 bits per heavy atom. The summed E-state index contributed by atoms with van der Waals surface area (Å²) in [5, 5.41) is 4.40. The molecule has 0 aliphatic rings. The maximum atomic E-state index is 13.3. The Morgan fingerprint density at radius 2 is 1.53 bits per heavy atom. The Bertz CT molecular complexity index is 1240. The number of thioether (sulfide) groups is 1. The van der Waals surface area contributed by atoms with Crippen molar-refractivity contribution >= 4 is 79.8 Å². The molecule has 0 atom stereocenters. The molecule has 0 aliphatic heterocycles. The fourth-order valence-electron chi connectivity index (χ4n) is 2.97. The standard InChI is InChI=1S/C23H20Cl4N2O3S2/c24-19-7-4-8-20(25)18(19)15-33-12-11-28-23(30)14-29(16-9-10-21(26)22(27)13-16)34(31,32)17-5-2-1-3-6-17/h1-10,13H,11-12,14-15H2,(H,28,30). The van der Waals surface area contributed by atoms with E-state index in [1.807, 2.05) is 0 Å². The highest BCUT2D eigenvalue weighted by atomic mass is 35.5. The lowest BCUT2D eigenvalue weighted by atomic mass is 10.2. The third-order valence-electron chi connectivity index (χ3n) is 4.69. The molecule has 1 amide bonds. The molecule has 11 heteroatoms. The Balaban J connectivity index is 1.66. The second kappa shape index (κ2) is 12.4. The summed E-state index contributed by atoms with van der Waals surface area (Å²) in [6.45, 7) is -0.0810. The second-order valence-corrected chi connectivity index (χ2v) is 11.6. The highest BCUT2D eigenvalue weighted by Crippen LogP contribution is 2.31. The molecule has 1 N–H and O–H groups in total. The molecule has 0 heterocycles. The normalized spacial score (nSPS) is 11.3. The van der Waals surface area contributed by atoms with Crippen molar-refractivity contribution in [1.29, 1.82) is 0 Å². The van der Waals surface area contributed by atoms with Gasteiger partial charge in [-0.1, -0.05) is 70.7 Å². The first-order valence-electron chi connectivity index (χ1n) is 10.0. The lowest BCUT2D eigenvalue weighted by Gasteiger charge is -2.24. The number of halogens is 4. The van der Waals surface area contributed by atoms with E-state index in [4.69, 9.17) is 46.4 Å². The van der Waals surface area contributed by atoms with Crippen molar-refractivity contribution in [2.75, 3.05) is 23.1 Å². The molecular formula is C23H20Cl4N2O3S2. The van der Waals surface area contributed by atoms with Crippen molar-refractivity contribution in [3.63, 3.8) is 0 Å². The van der Waals surface area contributed by atoms with Gasteiger partial charge in [0, 0.05) is 28.1 Å². The molecule has 0 saturated heterocycles. The zero-order valence-electron chi connectivity index (χ0n) is 17.7. The third kappa shape index (κ3) is 6.97. The number of anilines is 1. The fourth-order valence-corrected chi connectivity index (χ4v) is 6.29. The van der Waals surface area contributed by atoms with Gasteiger partial charge in [0.1, 0.15) is 6.54 Å². The van der Waals surface area contributed by atoms with E-state index in [9.17, 15) is 13.2 Å². The first-order valence-corrected chi connectivity index (χ1v) is 14.1. The minimum absolute atomic E-state index is 0.0565. The average molecular weight is 578 g/mol. The van der Waals surface area contributed by atoms with Crippen molar-refractivity contribution in [3.8, 4) is 0 Å². The second-order valence-electron chi connectivity index (χ2n) is 7.03. The molecule has 3 aromatic rings. The van der Waals surface area contributed by atoms with Gasteiger partial charge in [-0.05, 0) is 48.0 Å². The summed E-state index contributed by atoms with van der Waals surface area (Å²) in [6.07, 6.45) is 0. The number of carbonyl (C=O) groups excluding carboxylic acids is 1. The SMILES string of the molecule is O=C(CN(c1ccc(Cl)c(Cl)c1)S(=O)(=O)c1ccccc1)NCCSCc1c(Cl)cccc1Cl. The number of nitrogens with zero attached hydrogens (tertiary/aromatic N) is 1. The van der Waals surface area contributed by atoms with Crippen molar-refractivity contribution < 1.29 is 13.2 Å². The zero-order valence-corrected chi connectivity index (χ0v) is 22.3. The van der Waals surface area contributed by atoms with E-state index in [2.05, 4.69) is 5.32 Å². The van der Waals surface area contributed by atoms with E-state index in [0.29, 0.717) is 28.1 Å². The molecule has 180 valence electrons. The van der Waals surface area contributed by atoms with E-state index in [0.717, 1.165) is 9.87 Å². The lowest BCUT2D eigenvalue weighted by molar-refractivity contribution is -0.119. The minimum atomic E-state index is -4.02. The van der Waals surface area contributed by atoms with E-state index in [1.165, 1.54) is 30.3 Å².